The molecular formula is C16H20N2O3. The van der Waals surface area contributed by atoms with Gasteiger partial charge in [0.25, 0.3) is 5.91 Å². The number of carbonyl (C=O) groups is 2. The summed E-state index contributed by atoms with van der Waals surface area (Å²) in [4.78, 5) is 26.6. The molecule has 1 saturated heterocycles. The lowest BCUT2D eigenvalue weighted by molar-refractivity contribution is -0.136. The van der Waals surface area contributed by atoms with E-state index in [9.17, 15) is 9.59 Å². The van der Waals surface area contributed by atoms with Gasteiger partial charge in [0, 0.05) is 18.4 Å². The molecular weight excluding hydrogens is 268 g/mol. The van der Waals surface area contributed by atoms with E-state index in [0.717, 1.165) is 24.1 Å². The number of nitrogens with zero attached hydrogens (tertiary/aromatic N) is 1. The van der Waals surface area contributed by atoms with Crippen LogP contribution in [0.5, 0.6) is 0 Å². The van der Waals surface area contributed by atoms with Crippen LogP contribution in [0, 0.1) is 5.92 Å². The SMILES string of the molecule is COCc1ccccc1N1CC(=O)NC(C)(C2CC2)C1=O. The van der Waals surface area contributed by atoms with Gasteiger partial charge in [-0.1, -0.05) is 18.2 Å². The maximum Gasteiger partial charge on any atom is 0.253 e. The molecule has 2 amide bonds. The lowest BCUT2D eigenvalue weighted by atomic mass is 9.91. The second-order valence-electron chi connectivity index (χ2n) is 5.98. The van der Waals surface area contributed by atoms with Crippen molar-refractivity contribution in [2.75, 3.05) is 18.6 Å². The van der Waals surface area contributed by atoms with Crippen molar-refractivity contribution in [3.05, 3.63) is 29.8 Å². The van der Waals surface area contributed by atoms with Crippen molar-refractivity contribution in [1.29, 1.82) is 0 Å². The highest BCUT2D eigenvalue weighted by molar-refractivity contribution is 6.09. The van der Waals surface area contributed by atoms with Gasteiger partial charge in [-0.15, -0.1) is 0 Å². The number of hydrogen-bond donors (Lipinski definition) is 1. The Morgan fingerprint density at radius 1 is 1.33 bits per heavy atom. The molecule has 1 heterocycles. The Hall–Kier alpha value is -1.88. The number of methoxy groups -OCH3 is 1. The van der Waals surface area contributed by atoms with Crippen molar-refractivity contribution in [2.45, 2.75) is 31.9 Å². The number of nitrogens with one attached hydrogen (secondary N) is 1. The number of rotatable bonds is 4. The Balaban J connectivity index is 1.97. The van der Waals surface area contributed by atoms with Gasteiger partial charge in [-0.05, 0) is 31.7 Å². The van der Waals surface area contributed by atoms with Crippen molar-refractivity contribution >= 4 is 17.5 Å². The van der Waals surface area contributed by atoms with Crippen LogP contribution in [0.15, 0.2) is 24.3 Å². The summed E-state index contributed by atoms with van der Waals surface area (Å²) in [5, 5.41) is 2.89. The molecule has 1 aliphatic carbocycles. The average Bonchev–Trinajstić information content (AvgIpc) is 3.29. The first-order valence-electron chi connectivity index (χ1n) is 7.26. The highest BCUT2D eigenvalue weighted by Gasteiger charge is 2.53. The number of para-hydroxylation sites is 1. The zero-order valence-electron chi connectivity index (χ0n) is 12.4. The Morgan fingerprint density at radius 2 is 2.05 bits per heavy atom. The molecule has 3 rings (SSSR count). The Bertz CT molecular complexity index is 583. The Kier molecular flexibility index (Phi) is 3.45. The van der Waals surface area contributed by atoms with Crippen LogP contribution >= 0.6 is 0 Å². The van der Waals surface area contributed by atoms with E-state index < -0.39 is 5.54 Å². The highest BCUT2D eigenvalue weighted by Crippen LogP contribution is 2.42. The molecule has 2 fully saturated rings. The average molecular weight is 288 g/mol. The molecule has 1 unspecified atom stereocenters. The van der Waals surface area contributed by atoms with Gasteiger partial charge in [0.05, 0.1) is 6.61 Å². The highest BCUT2D eigenvalue weighted by atomic mass is 16.5. The normalized spacial score (nSPS) is 25.9. The van der Waals surface area contributed by atoms with Crippen molar-refractivity contribution < 1.29 is 14.3 Å². The van der Waals surface area contributed by atoms with E-state index in [-0.39, 0.29) is 24.3 Å². The van der Waals surface area contributed by atoms with Crippen LogP contribution in [0.25, 0.3) is 0 Å². The minimum absolute atomic E-state index is 0.0202. The van der Waals surface area contributed by atoms with Gasteiger partial charge in [0.1, 0.15) is 12.1 Å². The molecule has 0 aromatic heterocycles. The summed E-state index contributed by atoms with van der Waals surface area (Å²) < 4.78 is 5.19. The van der Waals surface area contributed by atoms with E-state index in [0.29, 0.717) is 6.61 Å². The summed E-state index contributed by atoms with van der Waals surface area (Å²) >= 11 is 0. The van der Waals surface area contributed by atoms with Crippen LogP contribution in [-0.4, -0.2) is 31.0 Å². The minimum atomic E-state index is -0.768. The molecule has 1 aromatic rings. The Morgan fingerprint density at radius 3 is 2.71 bits per heavy atom. The lowest BCUT2D eigenvalue weighted by Gasteiger charge is -2.40. The number of piperazine rings is 1. The number of carbonyl (C=O) groups excluding carboxylic acids is 2. The topological polar surface area (TPSA) is 58.6 Å². The minimum Gasteiger partial charge on any atom is -0.380 e. The summed E-state index contributed by atoms with van der Waals surface area (Å²) in [6, 6.07) is 7.58. The molecule has 1 aliphatic heterocycles. The first-order chi connectivity index (χ1) is 10.1. The zero-order chi connectivity index (χ0) is 15.0. The second kappa shape index (κ2) is 5.15. The molecule has 5 nitrogen and oxygen atoms in total. The van der Waals surface area contributed by atoms with Gasteiger partial charge in [-0.2, -0.15) is 0 Å². The fraction of sp³-hybridized carbons (Fsp3) is 0.500. The number of anilines is 1. The molecule has 5 heteroatoms. The quantitative estimate of drug-likeness (QED) is 0.912. The Labute approximate surface area is 124 Å². The first kappa shape index (κ1) is 14.1. The standard InChI is InChI=1S/C16H20N2O3/c1-16(12-7-8-12)15(20)18(9-14(19)17-16)13-6-4-3-5-11(13)10-21-2/h3-6,12H,7-10H2,1-2H3,(H,17,19). The fourth-order valence-electron chi connectivity index (χ4n) is 3.06. The molecule has 0 radical (unpaired) electrons. The maximum absolute atomic E-state index is 12.9. The van der Waals surface area contributed by atoms with Crippen molar-refractivity contribution in [3.63, 3.8) is 0 Å². The van der Waals surface area contributed by atoms with E-state index >= 15 is 0 Å². The molecule has 112 valence electrons. The molecule has 0 spiro atoms. The first-order valence-corrected chi connectivity index (χ1v) is 7.26. The number of hydrogen-bond acceptors (Lipinski definition) is 3. The third kappa shape index (κ3) is 2.42. The van der Waals surface area contributed by atoms with Gasteiger partial charge >= 0.3 is 0 Å². The van der Waals surface area contributed by atoms with E-state index in [1.807, 2.05) is 31.2 Å². The molecule has 0 bridgehead atoms. The number of amides is 2. The smallest absolute Gasteiger partial charge is 0.253 e. The summed E-state index contributed by atoms with van der Waals surface area (Å²) in [6.07, 6.45) is 1.99. The van der Waals surface area contributed by atoms with Crippen LogP contribution in [0.3, 0.4) is 0 Å². The van der Waals surface area contributed by atoms with Crippen LogP contribution in [0.4, 0.5) is 5.69 Å². The number of ether oxygens (including phenoxy) is 1. The predicted octanol–water partition coefficient (Wildman–Crippen LogP) is 1.46. The van der Waals surface area contributed by atoms with Gasteiger partial charge in [-0.3, -0.25) is 9.59 Å². The monoisotopic (exact) mass is 288 g/mol. The van der Waals surface area contributed by atoms with Crippen LogP contribution in [0.1, 0.15) is 25.3 Å². The summed E-state index contributed by atoms with van der Waals surface area (Å²) in [5.74, 6) is 0.135. The van der Waals surface area contributed by atoms with Crippen LogP contribution < -0.4 is 10.2 Å². The van der Waals surface area contributed by atoms with Crippen molar-refractivity contribution in [1.82, 2.24) is 5.32 Å². The van der Waals surface area contributed by atoms with Gasteiger partial charge < -0.3 is 15.0 Å². The molecule has 1 saturated carbocycles. The van der Waals surface area contributed by atoms with Crippen LogP contribution in [-0.2, 0) is 20.9 Å². The third-order valence-corrected chi connectivity index (χ3v) is 4.37. The van der Waals surface area contributed by atoms with Crippen molar-refractivity contribution in [3.8, 4) is 0 Å². The molecule has 1 aromatic carbocycles. The summed E-state index contributed by atoms with van der Waals surface area (Å²) in [7, 11) is 1.62. The molecule has 1 atom stereocenters. The van der Waals surface area contributed by atoms with Gasteiger partial charge in [-0.25, -0.2) is 0 Å². The molecule has 21 heavy (non-hydrogen) atoms. The van der Waals surface area contributed by atoms with Crippen molar-refractivity contribution in [2.24, 2.45) is 5.92 Å². The van der Waals surface area contributed by atoms with Gasteiger partial charge in [0.2, 0.25) is 5.91 Å². The predicted molar refractivity (Wildman–Crippen MR) is 78.8 cm³/mol. The van der Waals surface area contributed by atoms with E-state index in [1.165, 1.54) is 0 Å². The summed E-state index contributed by atoms with van der Waals surface area (Å²) in [5.41, 5.74) is 0.919. The van der Waals surface area contributed by atoms with E-state index in [1.54, 1.807) is 12.0 Å². The molecule has 2 aliphatic rings. The third-order valence-electron chi connectivity index (χ3n) is 4.37. The van der Waals surface area contributed by atoms with Gasteiger partial charge in [0.15, 0.2) is 0 Å². The van der Waals surface area contributed by atoms with E-state index in [2.05, 4.69) is 5.32 Å². The summed E-state index contributed by atoms with van der Waals surface area (Å²) in [6.45, 7) is 2.33. The van der Waals surface area contributed by atoms with E-state index in [4.69, 9.17) is 4.74 Å². The largest absolute Gasteiger partial charge is 0.380 e. The maximum atomic E-state index is 12.9. The molecule has 1 N–H and O–H groups in total. The fourth-order valence-corrected chi connectivity index (χ4v) is 3.06. The lowest BCUT2D eigenvalue weighted by Crippen LogP contribution is -2.66. The zero-order valence-corrected chi connectivity index (χ0v) is 12.4. The van der Waals surface area contributed by atoms with Crippen LogP contribution in [0.2, 0.25) is 0 Å². The second-order valence-corrected chi connectivity index (χ2v) is 5.98. The number of benzene rings is 1.